The average Bonchev–Trinajstić information content (AvgIpc) is 3.53. The molecule has 10 heteroatoms. The van der Waals surface area contributed by atoms with Crippen molar-refractivity contribution in [2.24, 2.45) is 13.0 Å². The molecule has 0 radical (unpaired) electrons. The molecular formula is C28H30N6O2S2. The lowest BCUT2D eigenvalue weighted by atomic mass is 9.90. The fourth-order valence-corrected chi connectivity index (χ4v) is 7.32. The van der Waals surface area contributed by atoms with E-state index in [-0.39, 0.29) is 5.56 Å². The van der Waals surface area contributed by atoms with Gasteiger partial charge in [-0.2, -0.15) is 4.98 Å². The lowest BCUT2D eigenvalue weighted by molar-refractivity contribution is 0.398. The van der Waals surface area contributed by atoms with E-state index >= 15 is 0 Å². The zero-order valence-corrected chi connectivity index (χ0v) is 22.9. The number of rotatable bonds is 8. The van der Waals surface area contributed by atoms with E-state index in [4.69, 9.17) is 9.97 Å². The molecule has 5 aromatic rings. The van der Waals surface area contributed by atoms with Crippen molar-refractivity contribution in [3.63, 3.8) is 0 Å². The number of hydrogen-bond donors (Lipinski definition) is 1. The molecule has 0 saturated carbocycles. The first-order chi connectivity index (χ1) is 18.6. The van der Waals surface area contributed by atoms with E-state index in [9.17, 15) is 9.59 Å². The molecule has 1 aliphatic heterocycles. The summed E-state index contributed by atoms with van der Waals surface area (Å²) in [4.78, 5) is 39.5. The van der Waals surface area contributed by atoms with E-state index in [1.165, 1.54) is 14.8 Å². The van der Waals surface area contributed by atoms with Crippen molar-refractivity contribution in [1.29, 1.82) is 0 Å². The Bertz CT molecular complexity index is 1650. The van der Waals surface area contributed by atoms with Crippen LogP contribution in [0.1, 0.15) is 24.8 Å². The van der Waals surface area contributed by atoms with Crippen LogP contribution in [0.3, 0.4) is 0 Å². The Morgan fingerprint density at radius 1 is 1.03 bits per heavy atom. The maximum absolute atomic E-state index is 12.9. The molecular weight excluding hydrogens is 516 g/mol. The number of aromatic nitrogens is 5. The van der Waals surface area contributed by atoms with E-state index in [1.807, 2.05) is 22.8 Å². The van der Waals surface area contributed by atoms with Gasteiger partial charge in [0, 0.05) is 32.4 Å². The molecule has 1 aliphatic rings. The minimum Gasteiger partial charge on any atom is -0.342 e. The molecule has 1 saturated heterocycles. The SMILES string of the molecule is Cn1c(=O)[nH]c(=O)c2c1nc(N1CCC(Cc3ccccc3)CC1)n2CCCSc1nc2ccccc2s1. The summed E-state index contributed by atoms with van der Waals surface area (Å²) in [6, 6.07) is 18.8. The third kappa shape index (κ3) is 5.02. The summed E-state index contributed by atoms with van der Waals surface area (Å²) in [7, 11) is 1.66. The van der Waals surface area contributed by atoms with Gasteiger partial charge in [0.05, 0.1) is 10.2 Å². The molecule has 0 unspecified atom stereocenters. The highest BCUT2D eigenvalue weighted by molar-refractivity contribution is 8.01. The number of piperidine rings is 1. The highest BCUT2D eigenvalue weighted by Gasteiger charge is 2.26. The van der Waals surface area contributed by atoms with Crippen molar-refractivity contribution < 1.29 is 0 Å². The standard InChI is InChI=1S/C28H30N6O2S2/c1-32-24-23(25(35)31-27(32)36)34(14-7-17-37-28-29-21-10-5-6-11-22(21)38-28)26(30-24)33-15-12-20(13-16-33)18-19-8-3-2-4-9-19/h2-6,8-11,20H,7,12-18H2,1H3,(H,31,35,36). The number of para-hydroxylation sites is 1. The smallest absolute Gasteiger partial charge is 0.329 e. The molecule has 1 N–H and O–H groups in total. The fourth-order valence-electron chi connectivity index (χ4n) is 5.26. The number of aromatic amines is 1. The Kier molecular flexibility index (Phi) is 7.08. The van der Waals surface area contributed by atoms with E-state index in [0.717, 1.165) is 60.3 Å². The van der Waals surface area contributed by atoms with Gasteiger partial charge in [-0.05, 0) is 49.3 Å². The first-order valence-corrected chi connectivity index (χ1v) is 14.8. The maximum Gasteiger partial charge on any atom is 0.329 e. The Balaban J connectivity index is 1.20. The summed E-state index contributed by atoms with van der Waals surface area (Å²) in [5, 5.41) is 0. The Labute approximate surface area is 228 Å². The van der Waals surface area contributed by atoms with Crippen molar-refractivity contribution >= 4 is 50.4 Å². The first kappa shape index (κ1) is 24.9. The van der Waals surface area contributed by atoms with Crippen molar-refractivity contribution in [3.05, 3.63) is 81.0 Å². The molecule has 0 aliphatic carbocycles. The lowest BCUT2D eigenvalue weighted by Gasteiger charge is -2.33. The molecule has 8 nitrogen and oxygen atoms in total. The maximum atomic E-state index is 12.9. The average molecular weight is 547 g/mol. The zero-order chi connectivity index (χ0) is 26.1. The first-order valence-electron chi connectivity index (χ1n) is 13.0. The number of aryl methyl sites for hydroxylation is 2. The molecule has 0 bridgehead atoms. The van der Waals surface area contributed by atoms with E-state index in [2.05, 4.69) is 46.3 Å². The number of nitrogens with zero attached hydrogens (tertiary/aromatic N) is 5. The highest BCUT2D eigenvalue weighted by Crippen LogP contribution is 2.31. The van der Waals surface area contributed by atoms with Gasteiger partial charge in [0.2, 0.25) is 5.95 Å². The van der Waals surface area contributed by atoms with Crippen LogP contribution in [0, 0.1) is 5.92 Å². The number of hydrogen-bond acceptors (Lipinski definition) is 7. The number of imidazole rings is 1. The minimum absolute atomic E-state index is 0.375. The van der Waals surface area contributed by atoms with Crippen molar-refractivity contribution in [3.8, 4) is 0 Å². The third-order valence-corrected chi connectivity index (χ3v) is 9.54. The van der Waals surface area contributed by atoms with Crippen LogP contribution in [0.4, 0.5) is 5.95 Å². The number of anilines is 1. The number of H-pyrrole nitrogens is 1. The van der Waals surface area contributed by atoms with Gasteiger partial charge in [-0.25, -0.2) is 9.78 Å². The van der Waals surface area contributed by atoms with Crippen LogP contribution in [0.2, 0.25) is 0 Å². The van der Waals surface area contributed by atoms with Crippen LogP contribution >= 0.6 is 23.1 Å². The van der Waals surface area contributed by atoms with Gasteiger partial charge >= 0.3 is 5.69 Å². The van der Waals surface area contributed by atoms with Gasteiger partial charge in [-0.15, -0.1) is 11.3 Å². The molecule has 1 fully saturated rings. The summed E-state index contributed by atoms with van der Waals surface area (Å²) >= 11 is 3.46. The fraction of sp³-hybridized carbons (Fsp3) is 0.357. The third-order valence-electron chi connectivity index (χ3n) is 7.28. The van der Waals surface area contributed by atoms with Crippen LogP contribution in [0.5, 0.6) is 0 Å². The highest BCUT2D eigenvalue weighted by atomic mass is 32.2. The number of thioether (sulfide) groups is 1. The second kappa shape index (κ2) is 10.8. The van der Waals surface area contributed by atoms with Crippen LogP contribution in [-0.4, -0.2) is 42.9 Å². The molecule has 6 rings (SSSR count). The van der Waals surface area contributed by atoms with Crippen LogP contribution < -0.4 is 16.1 Å². The molecule has 38 heavy (non-hydrogen) atoms. The molecule has 0 spiro atoms. The van der Waals surface area contributed by atoms with Crippen LogP contribution in [0.25, 0.3) is 21.4 Å². The van der Waals surface area contributed by atoms with E-state index < -0.39 is 5.69 Å². The van der Waals surface area contributed by atoms with Gasteiger partial charge in [0.25, 0.3) is 5.56 Å². The second-order valence-corrected chi connectivity index (χ2v) is 12.2. The number of thiazole rings is 1. The Hall–Kier alpha value is -3.37. The quantitative estimate of drug-likeness (QED) is 0.225. The normalized spacial score (nSPS) is 14.6. The van der Waals surface area contributed by atoms with Gasteiger partial charge in [-0.3, -0.25) is 14.3 Å². The summed E-state index contributed by atoms with van der Waals surface area (Å²) in [5.74, 6) is 2.29. The summed E-state index contributed by atoms with van der Waals surface area (Å²) in [6.07, 6.45) is 4.08. The van der Waals surface area contributed by atoms with Crippen molar-refractivity contribution in [2.75, 3.05) is 23.7 Å². The Morgan fingerprint density at radius 3 is 2.58 bits per heavy atom. The Morgan fingerprint density at radius 2 is 1.79 bits per heavy atom. The lowest BCUT2D eigenvalue weighted by Crippen LogP contribution is -2.36. The largest absolute Gasteiger partial charge is 0.342 e. The molecule has 0 atom stereocenters. The molecule has 2 aromatic carbocycles. The molecule has 196 valence electrons. The molecule has 3 aromatic heterocycles. The molecule has 4 heterocycles. The van der Waals surface area contributed by atoms with Crippen LogP contribution in [-0.2, 0) is 20.0 Å². The second-order valence-electron chi connectivity index (χ2n) is 9.82. The number of fused-ring (bicyclic) bond motifs is 2. The van der Waals surface area contributed by atoms with Gasteiger partial charge < -0.3 is 9.47 Å². The van der Waals surface area contributed by atoms with E-state index in [0.29, 0.717) is 23.6 Å². The topological polar surface area (TPSA) is 88.8 Å². The predicted octanol–water partition coefficient (Wildman–Crippen LogP) is 4.67. The van der Waals surface area contributed by atoms with E-state index in [1.54, 1.807) is 30.1 Å². The number of nitrogens with one attached hydrogen (secondary N) is 1. The zero-order valence-electron chi connectivity index (χ0n) is 21.3. The van der Waals surface area contributed by atoms with Crippen molar-refractivity contribution in [2.45, 2.75) is 36.6 Å². The predicted molar refractivity (Wildman–Crippen MR) is 156 cm³/mol. The van der Waals surface area contributed by atoms with Gasteiger partial charge in [0.1, 0.15) is 0 Å². The van der Waals surface area contributed by atoms with Gasteiger partial charge in [0.15, 0.2) is 15.5 Å². The van der Waals surface area contributed by atoms with Crippen molar-refractivity contribution in [1.82, 2.24) is 24.1 Å². The summed E-state index contributed by atoms with van der Waals surface area (Å²) in [6.45, 7) is 2.41. The minimum atomic E-state index is -0.438. The number of benzene rings is 2. The molecule has 0 amide bonds. The van der Waals surface area contributed by atoms with Gasteiger partial charge in [-0.1, -0.05) is 54.2 Å². The summed E-state index contributed by atoms with van der Waals surface area (Å²) < 4.78 is 5.71. The summed E-state index contributed by atoms with van der Waals surface area (Å²) in [5.41, 5.74) is 2.51. The van der Waals surface area contributed by atoms with Crippen LogP contribution in [0.15, 0.2) is 68.5 Å². The monoisotopic (exact) mass is 546 g/mol.